The van der Waals surface area contributed by atoms with Gasteiger partial charge in [-0.15, -0.1) is 0 Å². The second-order valence-corrected chi connectivity index (χ2v) is 6.28. The number of rotatable bonds is 6. The molecular weight excluding hydrogens is 281 g/mol. The molecule has 2 rings (SSSR count). The van der Waals surface area contributed by atoms with Gasteiger partial charge in [-0.05, 0) is 51.7 Å². The molecule has 0 spiro atoms. The van der Waals surface area contributed by atoms with Gasteiger partial charge in [0.25, 0.3) is 0 Å². The zero-order chi connectivity index (χ0) is 15.3. The molecule has 0 aromatic heterocycles. The molecule has 2 fully saturated rings. The SMILES string of the molecule is CCCNCC1CCC(CN2CCC(C(F)(F)F)CC2)O1. The van der Waals surface area contributed by atoms with Crippen LogP contribution in [0.3, 0.4) is 0 Å². The van der Waals surface area contributed by atoms with Crippen LogP contribution in [0.5, 0.6) is 0 Å². The summed E-state index contributed by atoms with van der Waals surface area (Å²) in [4.78, 5) is 2.13. The number of halogens is 3. The van der Waals surface area contributed by atoms with Crippen LogP contribution < -0.4 is 5.32 Å². The van der Waals surface area contributed by atoms with E-state index in [2.05, 4.69) is 17.1 Å². The maximum Gasteiger partial charge on any atom is 0.391 e. The van der Waals surface area contributed by atoms with Crippen molar-refractivity contribution in [3.05, 3.63) is 0 Å². The molecule has 0 aromatic rings. The van der Waals surface area contributed by atoms with Gasteiger partial charge in [0.2, 0.25) is 0 Å². The lowest BCUT2D eigenvalue weighted by Crippen LogP contribution is -2.42. The van der Waals surface area contributed by atoms with Crippen LogP contribution in [0, 0.1) is 5.92 Å². The molecule has 0 bridgehead atoms. The summed E-state index contributed by atoms with van der Waals surface area (Å²) >= 11 is 0. The van der Waals surface area contributed by atoms with Crippen molar-refractivity contribution in [1.29, 1.82) is 0 Å². The largest absolute Gasteiger partial charge is 0.391 e. The number of hydrogen-bond donors (Lipinski definition) is 1. The summed E-state index contributed by atoms with van der Waals surface area (Å²) in [7, 11) is 0. The van der Waals surface area contributed by atoms with E-state index in [-0.39, 0.29) is 25.0 Å². The summed E-state index contributed by atoms with van der Waals surface area (Å²) < 4.78 is 43.8. The standard InChI is InChI=1S/C15H27F3N2O/c1-2-7-19-10-13-3-4-14(21-13)11-20-8-5-12(6-9-20)15(16,17)18/h12-14,19H,2-11H2,1H3. The van der Waals surface area contributed by atoms with E-state index >= 15 is 0 Å². The molecule has 124 valence electrons. The number of likely N-dealkylation sites (tertiary alicyclic amines) is 1. The average Bonchev–Trinajstić information content (AvgIpc) is 2.86. The summed E-state index contributed by atoms with van der Waals surface area (Å²) in [6, 6.07) is 0. The van der Waals surface area contributed by atoms with E-state index in [1.807, 2.05) is 0 Å². The number of hydrogen-bond acceptors (Lipinski definition) is 3. The van der Waals surface area contributed by atoms with Gasteiger partial charge in [-0.25, -0.2) is 0 Å². The Morgan fingerprint density at radius 1 is 1.10 bits per heavy atom. The Labute approximate surface area is 125 Å². The third-order valence-corrected chi connectivity index (χ3v) is 4.51. The van der Waals surface area contributed by atoms with Crippen molar-refractivity contribution in [2.45, 2.75) is 57.4 Å². The highest BCUT2D eigenvalue weighted by atomic mass is 19.4. The molecule has 1 N–H and O–H groups in total. The molecule has 2 saturated heterocycles. The third kappa shape index (κ3) is 5.42. The second kappa shape index (κ2) is 7.79. The smallest absolute Gasteiger partial charge is 0.372 e. The lowest BCUT2D eigenvalue weighted by molar-refractivity contribution is -0.185. The van der Waals surface area contributed by atoms with E-state index < -0.39 is 12.1 Å². The quantitative estimate of drug-likeness (QED) is 0.764. The summed E-state index contributed by atoms with van der Waals surface area (Å²) in [5.74, 6) is -1.11. The minimum atomic E-state index is -4.02. The van der Waals surface area contributed by atoms with Gasteiger partial charge in [-0.3, -0.25) is 0 Å². The fraction of sp³-hybridized carbons (Fsp3) is 1.00. The molecule has 0 amide bonds. The van der Waals surface area contributed by atoms with E-state index in [1.54, 1.807) is 0 Å². The van der Waals surface area contributed by atoms with Crippen LogP contribution in [0.25, 0.3) is 0 Å². The molecule has 0 aliphatic carbocycles. The molecule has 2 aliphatic rings. The van der Waals surface area contributed by atoms with Gasteiger partial charge in [0.15, 0.2) is 0 Å². The number of alkyl halides is 3. The van der Waals surface area contributed by atoms with Crippen molar-refractivity contribution >= 4 is 0 Å². The highest BCUT2D eigenvalue weighted by molar-refractivity contribution is 4.82. The summed E-state index contributed by atoms with van der Waals surface area (Å²) in [5.41, 5.74) is 0. The fourth-order valence-corrected chi connectivity index (χ4v) is 3.24. The summed E-state index contributed by atoms with van der Waals surface area (Å²) in [5, 5.41) is 3.36. The molecule has 0 aromatic carbocycles. The highest BCUT2D eigenvalue weighted by Crippen LogP contribution is 2.34. The average molecular weight is 308 g/mol. The van der Waals surface area contributed by atoms with Crippen molar-refractivity contribution in [2.75, 3.05) is 32.7 Å². The van der Waals surface area contributed by atoms with E-state index in [0.717, 1.165) is 38.9 Å². The second-order valence-electron chi connectivity index (χ2n) is 6.28. The Morgan fingerprint density at radius 3 is 2.38 bits per heavy atom. The minimum absolute atomic E-state index is 0.195. The molecule has 3 nitrogen and oxygen atoms in total. The van der Waals surface area contributed by atoms with E-state index in [9.17, 15) is 13.2 Å². The molecular formula is C15H27F3N2O. The molecule has 2 heterocycles. The van der Waals surface area contributed by atoms with Crippen LogP contribution in [-0.4, -0.2) is 56.0 Å². The van der Waals surface area contributed by atoms with Gasteiger partial charge in [-0.2, -0.15) is 13.2 Å². The molecule has 2 atom stereocenters. The Morgan fingerprint density at radius 2 is 1.76 bits per heavy atom. The van der Waals surface area contributed by atoms with Crippen LogP contribution in [0.15, 0.2) is 0 Å². The number of piperidine rings is 1. The molecule has 2 aliphatic heterocycles. The van der Waals surface area contributed by atoms with Crippen molar-refractivity contribution < 1.29 is 17.9 Å². The zero-order valence-corrected chi connectivity index (χ0v) is 12.8. The van der Waals surface area contributed by atoms with Gasteiger partial charge in [-0.1, -0.05) is 6.92 Å². The van der Waals surface area contributed by atoms with E-state index in [4.69, 9.17) is 4.74 Å². The predicted octanol–water partition coefficient (Wildman–Crippen LogP) is 2.81. The van der Waals surface area contributed by atoms with Crippen molar-refractivity contribution in [3.8, 4) is 0 Å². The van der Waals surface area contributed by atoms with Crippen molar-refractivity contribution in [3.63, 3.8) is 0 Å². The van der Waals surface area contributed by atoms with Gasteiger partial charge < -0.3 is 15.0 Å². The third-order valence-electron chi connectivity index (χ3n) is 4.51. The van der Waals surface area contributed by atoms with Crippen LogP contribution in [0.4, 0.5) is 13.2 Å². The van der Waals surface area contributed by atoms with E-state index in [1.165, 1.54) is 0 Å². The molecule has 21 heavy (non-hydrogen) atoms. The van der Waals surface area contributed by atoms with Crippen LogP contribution >= 0.6 is 0 Å². The lowest BCUT2D eigenvalue weighted by atomic mass is 9.96. The molecule has 6 heteroatoms. The first-order valence-electron chi connectivity index (χ1n) is 8.14. The van der Waals surface area contributed by atoms with E-state index in [0.29, 0.717) is 13.1 Å². The zero-order valence-electron chi connectivity index (χ0n) is 12.8. The minimum Gasteiger partial charge on any atom is -0.372 e. The molecule has 0 saturated carbocycles. The van der Waals surface area contributed by atoms with Crippen molar-refractivity contribution in [1.82, 2.24) is 10.2 Å². The monoisotopic (exact) mass is 308 g/mol. The Hall–Kier alpha value is -0.330. The normalized spacial score (nSPS) is 29.1. The lowest BCUT2D eigenvalue weighted by Gasteiger charge is -2.34. The van der Waals surface area contributed by atoms with Crippen molar-refractivity contribution in [2.24, 2.45) is 5.92 Å². The fourth-order valence-electron chi connectivity index (χ4n) is 3.24. The van der Waals surface area contributed by atoms with Gasteiger partial charge >= 0.3 is 6.18 Å². The maximum atomic E-state index is 12.6. The van der Waals surface area contributed by atoms with Crippen LogP contribution in [0.2, 0.25) is 0 Å². The van der Waals surface area contributed by atoms with Crippen LogP contribution in [0.1, 0.15) is 39.0 Å². The molecule has 2 unspecified atom stereocenters. The maximum absolute atomic E-state index is 12.6. The highest BCUT2D eigenvalue weighted by Gasteiger charge is 2.41. The van der Waals surface area contributed by atoms with Gasteiger partial charge in [0.1, 0.15) is 0 Å². The Balaban J connectivity index is 1.63. The first-order valence-corrected chi connectivity index (χ1v) is 8.14. The summed E-state index contributed by atoms with van der Waals surface area (Å²) in [6.07, 6.45) is 0.110. The first-order chi connectivity index (χ1) is 9.99. The van der Waals surface area contributed by atoms with Gasteiger partial charge in [0.05, 0.1) is 18.1 Å². The number of nitrogens with one attached hydrogen (secondary N) is 1. The first kappa shape index (κ1) is 17.0. The number of nitrogens with zero attached hydrogens (tertiary/aromatic N) is 1. The van der Waals surface area contributed by atoms with Gasteiger partial charge in [0, 0.05) is 13.1 Å². The molecule has 0 radical (unpaired) electrons. The topological polar surface area (TPSA) is 24.5 Å². The Kier molecular flexibility index (Phi) is 6.32. The number of ether oxygens (including phenoxy) is 1. The summed E-state index contributed by atoms with van der Waals surface area (Å²) in [6.45, 7) is 5.91. The Bertz CT molecular complexity index is 304. The van der Waals surface area contributed by atoms with Crippen LogP contribution in [-0.2, 0) is 4.74 Å². The predicted molar refractivity (Wildman–Crippen MR) is 76.3 cm³/mol.